The molecule has 0 amide bonds. The highest BCUT2D eigenvalue weighted by Gasteiger charge is 2.64. The summed E-state index contributed by atoms with van der Waals surface area (Å²) in [7, 11) is 0. The van der Waals surface area contributed by atoms with Gasteiger partial charge in [-0.15, -0.1) is 0 Å². The predicted molar refractivity (Wildman–Crippen MR) is 266 cm³/mol. The molecule has 3 aromatic rings. The highest BCUT2D eigenvalue weighted by atomic mass is 16.8. The van der Waals surface area contributed by atoms with Crippen molar-refractivity contribution in [2.24, 2.45) is 0 Å². The second-order valence-corrected chi connectivity index (χ2v) is 19.0. The smallest absolute Gasteiger partial charge is 0.338 e. The first-order valence-corrected chi connectivity index (χ1v) is 25.2. The Kier molecular flexibility index (Phi) is 21.5. The molecule has 0 saturated carbocycles. The number of aliphatic hydroxyl groups excluding tert-OH is 9. The Morgan fingerprint density at radius 3 is 1.70 bits per heavy atom. The normalized spacial score (nSPS) is 33.8. The lowest BCUT2D eigenvalue weighted by atomic mass is 9.95. The zero-order valence-electron chi connectivity index (χ0n) is 43.5. The van der Waals surface area contributed by atoms with Crippen molar-refractivity contribution in [2.45, 2.75) is 130 Å². The molecule has 4 saturated heterocycles. The van der Waals surface area contributed by atoms with Crippen LogP contribution in [0.2, 0.25) is 0 Å². The topological polar surface area (TPSA) is 439 Å². The number of phenols is 3. The van der Waals surface area contributed by atoms with Crippen LogP contribution in [0.1, 0.15) is 35.3 Å². The number of hydrogen-bond acceptors (Lipinski definition) is 29. The van der Waals surface area contributed by atoms with E-state index < -0.39 is 191 Å². The summed E-state index contributed by atoms with van der Waals surface area (Å²) in [6.45, 7) is -3.12. The molecule has 19 unspecified atom stereocenters. The zero-order chi connectivity index (χ0) is 59.6. The molecule has 0 spiro atoms. The van der Waals surface area contributed by atoms with Crippen LogP contribution in [-0.4, -0.2) is 240 Å². The van der Waals surface area contributed by atoms with Gasteiger partial charge < -0.3 is 118 Å². The van der Waals surface area contributed by atoms with Gasteiger partial charge in [0.25, 0.3) is 0 Å². The highest BCUT2D eigenvalue weighted by Crippen LogP contribution is 2.42. The Morgan fingerprint density at radius 2 is 1.09 bits per heavy atom. The summed E-state index contributed by atoms with van der Waals surface area (Å²) in [6.07, 6.45) is -34.0. The quantitative estimate of drug-likeness (QED) is 0.0218. The number of ether oxygens (including phenoxy) is 12. The van der Waals surface area contributed by atoms with Crippen molar-refractivity contribution in [1.29, 1.82) is 0 Å². The molecule has 4 fully saturated rings. The first kappa shape index (κ1) is 62.8. The summed E-state index contributed by atoms with van der Waals surface area (Å²) in [5.41, 5.74) is 0.368. The third-order valence-electron chi connectivity index (χ3n) is 13.2. The predicted octanol–water partition coefficient (Wildman–Crippen LogP) is -3.10. The van der Waals surface area contributed by atoms with Gasteiger partial charge in [0.1, 0.15) is 105 Å². The lowest BCUT2D eigenvalue weighted by Crippen LogP contribution is -2.69. The van der Waals surface area contributed by atoms with Gasteiger partial charge in [0, 0.05) is 26.0 Å². The molecule has 4 aliphatic rings. The maximum atomic E-state index is 14.0. The average molecular weight is 1160 g/mol. The van der Waals surface area contributed by atoms with Gasteiger partial charge in [-0.25, -0.2) is 14.4 Å². The molecule has 4 aliphatic heterocycles. The largest absolute Gasteiger partial charge is 0.508 e. The first-order valence-electron chi connectivity index (χ1n) is 25.2. The fraction of sp³-hybridized carbons (Fsp3) is 0.491. The van der Waals surface area contributed by atoms with Crippen LogP contribution >= 0.6 is 0 Å². The summed E-state index contributed by atoms with van der Waals surface area (Å²) in [5.74, 6) is -9.64. The summed E-state index contributed by atoms with van der Waals surface area (Å²) in [5, 5.41) is 129. The Balaban J connectivity index is 1.39. The molecular weight excluding hydrogens is 1100 g/mol. The summed E-state index contributed by atoms with van der Waals surface area (Å²) >= 11 is 0. The van der Waals surface area contributed by atoms with Crippen LogP contribution in [0.5, 0.6) is 17.2 Å². The Hall–Kier alpha value is -6.75. The number of esters is 5. The van der Waals surface area contributed by atoms with Crippen LogP contribution in [0.25, 0.3) is 12.2 Å². The summed E-state index contributed by atoms with van der Waals surface area (Å²) in [4.78, 5) is 66.1. The van der Waals surface area contributed by atoms with Crippen LogP contribution in [0.15, 0.2) is 84.9 Å². The van der Waals surface area contributed by atoms with Gasteiger partial charge in [0.05, 0.1) is 18.8 Å². The van der Waals surface area contributed by atoms with Gasteiger partial charge in [0.15, 0.2) is 42.6 Å². The minimum Gasteiger partial charge on any atom is -0.508 e. The highest BCUT2D eigenvalue weighted by molar-refractivity contribution is 5.90. The number of aromatic hydroxyl groups is 3. The molecule has 29 heteroatoms. The van der Waals surface area contributed by atoms with E-state index in [0.29, 0.717) is 5.56 Å². The number of carbonyl (C=O) groups excluding carboxylic acids is 5. The standard InChI is InChI=1S/C53H62O29/c1-24(56)71-21-34-39(64)42(67)44(69)51(75-34)78-46-45(77-37(62)17-11-26-8-13-29(58)14-9-26)35(22-72-25(2)57)76-52(47(46)79-50-43(68)41(66)38(63)32(19-54)74-50)82-53(23-73-36(61)16-12-27-10-15-30(59)31(60)18-27)48(40(65)33(20-55)81-53)80-49(70)28-6-4-3-5-7-28/h3-18,32-35,38-48,50-52,54-55,58-60,63-69H,19-23H2,1-2H3. The first-order chi connectivity index (χ1) is 39.0. The van der Waals surface area contributed by atoms with Crippen LogP contribution in [0.4, 0.5) is 0 Å². The third kappa shape index (κ3) is 15.3. The molecule has 12 N–H and O–H groups in total. The zero-order valence-corrected chi connectivity index (χ0v) is 43.5. The van der Waals surface area contributed by atoms with E-state index >= 15 is 0 Å². The SMILES string of the molecule is CC(=O)OCC1OC(OC2C(OC(=O)C=Cc3ccc(O)cc3)C(COC(C)=O)OC(OC3(COC(=O)C=Cc4ccc(O)c(O)c4)OC(CO)C(O)C3OC(=O)c3ccccc3)C2OC2OC(CO)C(O)C(O)C2O)C(O)C(O)C1O. The van der Waals surface area contributed by atoms with Crippen molar-refractivity contribution in [1.82, 2.24) is 0 Å². The molecule has 82 heavy (non-hydrogen) atoms. The van der Waals surface area contributed by atoms with E-state index in [2.05, 4.69) is 0 Å². The minimum absolute atomic E-state index is 0.121. The number of rotatable bonds is 21. The van der Waals surface area contributed by atoms with E-state index in [9.17, 15) is 85.3 Å². The van der Waals surface area contributed by atoms with Crippen LogP contribution in [0.3, 0.4) is 0 Å². The summed E-state index contributed by atoms with van der Waals surface area (Å²) in [6, 6.07) is 16.0. The third-order valence-corrected chi connectivity index (χ3v) is 13.2. The van der Waals surface area contributed by atoms with E-state index in [4.69, 9.17) is 56.8 Å². The summed E-state index contributed by atoms with van der Waals surface area (Å²) < 4.78 is 71.1. The molecule has 29 nitrogen and oxygen atoms in total. The minimum atomic E-state index is -2.96. The molecule has 0 aromatic heterocycles. The lowest BCUT2D eigenvalue weighted by molar-refractivity contribution is -0.421. The van der Waals surface area contributed by atoms with Gasteiger partial charge in [0.2, 0.25) is 5.79 Å². The van der Waals surface area contributed by atoms with Crippen molar-refractivity contribution in [3.8, 4) is 17.2 Å². The molecule has 19 atom stereocenters. The van der Waals surface area contributed by atoms with Gasteiger partial charge >= 0.3 is 29.8 Å². The van der Waals surface area contributed by atoms with Crippen molar-refractivity contribution in [2.75, 3.05) is 33.0 Å². The fourth-order valence-corrected chi connectivity index (χ4v) is 8.91. The monoisotopic (exact) mass is 1160 g/mol. The maximum absolute atomic E-state index is 14.0. The van der Waals surface area contributed by atoms with Crippen LogP contribution < -0.4 is 0 Å². The Morgan fingerprint density at radius 1 is 0.537 bits per heavy atom. The molecule has 7 rings (SSSR count). The van der Waals surface area contributed by atoms with E-state index in [1.54, 1.807) is 6.07 Å². The van der Waals surface area contributed by atoms with E-state index in [1.165, 1.54) is 60.7 Å². The number of aliphatic hydroxyl groups is 9. The number of hydrogen-bond donors (Lipinski definition) is 12. The maximum Gasteiger partial charge on any atom is 0.338 e. The van der Waals surface area contributed by atoms with Gasteiger partial charge in [-0.3, -0.25) is 9.59 Å². The molecule has 0 bridgehead atoms. The number of benzene rings is 3. The van der Waals surface area contributed by atoms with Crippen LogP contribution in [0, 0.1) is 0 Å². The second kappa shape index (κ2) is 28.0. The molecule has 4 heterocycles. The molecule has 0 aliphatic carbocycles. The van der Waals surface area contributed by atoms with Gasteiger partial charge in [-0.1, -0.05) is 36.4 Å². The lowest BCUT2D eigenvalue weighted by Gasteiger charge is -2.50. The van der Waals surface area contributed by atoms with Gasteiger partial charge in [-0.2, -0.15) is 0 Å². The second-order valence-electron chi connectivity index (χ2n) is 19.0. The molecule has 448 valence electrons. The van der Waals surface area contributed by atoms with Crippen LogP contribution in [-0.2, 0) is 76.0 Å². The molecular formula is C53H62O29. The van der Waals surface area contributed by atoms with Crippen molar-refractivity contribution in [3.63, 3.8) is 0 Å². The van der Waals surface area contributed by atoms with Gasteiger partial charge in [-0.05, 0) is 59.7 Å². The number of phenolic OH excluding ortho intramolecular Hbond substituents is 3. The van der Waals surface area contributed by atoms with E-state index in [-0.39, 0.29) is 16.9 Å². The Bertz CT molecular complexity index is 2700. The molecule has 3 aromatic carbocycles. The van der Waals surface area contributed by atoms with E-state index in [1.807, 2.05) is 0 Å². The molecule has 0 radical (unpaired) electrons. The van der Waals surface area contributed by atoms with Crippen molar-refractivity contribution < 1.29 is 142 Å². The van der Waals surface area contributed by atoms with Crippen molar-refractivity contribution in [3.05, 3.63) is 102 Å². The average Bonchev–Trinajstić information content (AvgIpc) is 3.19. The Labute approximate surface area is 465 Å². The number of carbonyl (C=O) groups is 5. The van der Waals surface area contributed by atoms with E-state index in [0.717, 1.165) is 44.2 Å². The van der Waals surface area contributed by atoms with Crippen molar-refractivity contribution >= 4 is 42.0 Å². The fourth-order valence-electron chi connectivity index (χ4n) is 8.91.